The van der Waals surface area contributed by atoms with Crippen molar-refractivity contribution in [3.05, 3.63) is 46.7 Å². The topological polar surface area (TPSA) is 60.7 Å². The first kappa shape index (κ1) is 14.4. The minimum absolute atomic E-state index is 0.624. The lowest BCUT2D eigenvalue weighted by Crippen LogP contribution is -2.01. The lowest BCUT2D eigenvalue weighted by Gasteiger charge is -2.10. The molecule has 2 N–H and O–H groups in total. The van der Waals surface area contributed by atoms with E-state index < -0.39 is 0 Å². The van der Waals surface area contributed by atoms with Crippen LogP contribution in [0.25, 0.3) is 0 Å². The summed E-state index contributed by atoms with van der Waals surface area (Å²) in [7, 11) is 0. The van der Waals surface area contributed by atoms with E-state index in [2.05, 4.69) is 44.5 Å². The molecule has 0 radical (unpaired) electrons. The molecule has 0 unspecified atom stereocenters. The molecule has 0 aliphatic carbocycles. The smallest absolute Gasteiger partial charge is 0.0992 e. The Morgan fingerprint density at radius 2 is 2.05 bits per heavy atom. The predicted molar refractivity (Wildman–Crippen MR) is 85.2 cm³/mol. The fraction of sp³-hybridized carbons (Fsp3) is 0.200. The quantitative estimate of drug-likeness (QED) is 0.858. The summed E-state index contributed by atoms with van der Waals surface area (Å²) in [4.78, 5) is 4.20. The van der Waals surface area contributed by atoms with Crippen molar-refractivity contribution in [2.24, 2.45) is 0 Å². The van der Waals surface area contributed by atoms with Gasteiger partial charge in [-0.05, 0) is 46.6 Å². The molecule has 0 atom stereocenters. The molecule has 0 spiro atoms. The lowest BCUT2D eigenvalue weighted by atomic mass is 10.2. The molecular formula is C15H15BrN4. The molecule has 0 saturated heterocycles. The second-order valence-electron chi connectivity index (χ2n) is 4.32. The van der Waals surface area contributed by atoms with Gasteiger partial charge in [0.25, 0.3) is 0 Å². The molecule has 5 heteroatoms. The van der Waals surface area contributed by atoms with Crippen molar-refractivity contribution in [2.75, 3.05) is 17.2 Å². The van der Waals surface area contributed by atoms with Crippen LogP contribution in [0.3, 0.4) is 0 Å². The van der Waals surface area contributed by atoms with Crippen LogP contribution in [0.1, 0.15) is 18.9 Å². The van der Waals surface area contributed by atoms with Gasteiger partial charge in [0.15, 0.2) is 0 Å². The molecule has 0 aliphatic rings. The Kier molecular flexibility index (Phi) is 4.97. The average molecular weight is 331 g/mol. The molecule has 0 aliphatic heterocycles. The minimum atomic E-state index is 0.624. The van der Waals surface area contributed by atoms with E-state index in [-0.39, 0.29) is 0 Å². The molecule has 2 rings (SSSR count). The average Bonchev–Trinajstić information content (AvgIpc) is 2.47. The van der Waals surface area contributed by atoms with Crippen LogP contribution in [-0.4, -0.2) is 11.5 Å². The third-order valence-electron chi connectivity index (χ3n) is 2.69. The van der Waals surface area contributed by atoms with Crippen LogP contribution in [0.15, 0.2) is 41.1 Å². The van der Waals surface area contributed by atoms with Crippen molar-refractivity contribution in [3.8, 4) is 6.07 Å². The van der Waals surface area contributed by atoms with E-state index in [4.69, 9.17) is 5.26 Å². The SMILES string of the molecule is CCCNc1cncc(Nc2ccc(C#N)cc2Br)c1. The summed E-state index contributed by atoms with van der Waals surface area (Å²) in [6.45, 7) is 3.04. The van der Waals surface area contributed by atoms with Gasteiger partial charge in [-0.1, -0.05) is 6.92 Å². The van der Waals surface area contributed by atoms with Gasteiger partial charge in [-0.25, -0.2) is 0 Å². The molecule has 2 aromatic rings. The molecule has 4 nitrogen and oxygen atoms in total. The second-order valence-corrected chi connectivity index (χ2v) is 5.17. The highest BCUT2D eigenvalue weighted by atomic mass is 79.9. The fourth-order valence-corrected chi connectivity index (χ4v) is 2.19. The Morgan fingerprint density at radius 1 is 1.25 bits per heavy atom. The maximum Gasteiger partial charge on any atom is 0.0992 e. The molecule has 1 aromatic heterocycles. The summed E-state index contributed by atoms with van der Waals surface area (Å²) in [6.07, 6.45) is 4.63. The Balaban J connectivity index is 2.15. The van der Waals surface area contributed by atoms with E-state index in [0.717, 1.165) is 34.5 Å². The normalized spacial score (nSPS) is 9.85. The Bertz CT molecular complexity index is 634. The maximum absolute atomic E-state index is 8.85. The first-order chi connectivity index (χ1) is 9.72. The fourth-order valence-electron chi connectivity index (χ4n) is 1.72. The van der Waals surface area contributed by atoms with Crippen molar-refractivity contribution in [1.29, 1.82) is 5.26 Å². The zero-order valence-electron chi connectivity index (χ0n) is 11.2. The van der Waals surface area contributed by atoms with Crippen molar-refractivity contribution in [2.45, 2.75) is 13.3 Å². The number of aromatic nitrogens is 1. The van der Waals surface area contributed by atoms with Crippen LogP contribution >= 0.6 is 15.9 Å². The molecular weight excluding hydrogens is 316 g/mol. The number of nitriles is 1. The second kappa shape index (κ2) is 6.92. The number of benzene rings is 1. The van der Waals surface area contributed by atoms with E-state index in [1.165, 1.54) is 0 Å². The van der Waals surface area contributed by atoms with Crippen molar-refractivity contribution in [1.82, 2.24) is 4.98 Å². The summed E-state index contributed by atoms with van der Waals surface area (Å²) >= 11 is 3.46. The van der Waals surface area contributed by atoms with Crippen LogP contribution in [0, 0.1) is 11.3 Å². The van der Waals surface area contributed by atoms with Gasteiger partial charge in [0, 0.05) is 11.0 Å². The maximum atomic E-state index is 8.85. The highest BCUT2D eigenvalue weighted by molar-refractivity contribution is 9.10. The van der Waals surface area contributed by atoms with Crippen molar-refractivity contribution < 1.29 is 0 Å². The molecule has 1 heterocycles. The number of anilines is 3. The molecule has 102 valence electrons. The van der Waals surface area contributed by atoms with Gasteiger partial charge in [0.2, 0.25) is 0 Å². The van der Waals surface area contributed by atoms with Gasteiger partial charge in [-0.3, -0.25) is 4.98 Å². The Hall–Kier alpha value is -2.06. The number of hydrogen-bond donors (Lipinski definition) is 2. The van der Waals surface area contributed by atoms with Crippen LogP contribution in [0.2, 0.25) is 0 Å². The summed E-state index contributed by atoms with van der Waals surface area (Å²) < 4.78 is 0.850. The molecule has 1 aromatic carbocycles. The van der Waals surface area contributed by atoms with Crippen molar-refractivity contribution in [3.63, 3.8) is 0 Å². The van der Waals surface area contributed by atoms with Gasteiger partial charge in [-0.15, -0.1) is 0 Å². The van der Waals surface area contributed by atoms with Crippen molar-refractivity contribution >= 4 is 33.0 Å². The summed E-state index contributed by atoms with van der Waals surface area (Å²) in [5.41, 5.74) is 3.41. The summed E-state index contributed by atoms with van der Waals surface area (Å²) in [5, 5.41) is 15.4. The molecule has 0 fully saturated rings. The minimum Gasteiger partial charge on any atom is -0.384 e. The van der Waals surface area contributed by atoms with E-state index in [1.54, 1.807) is 24.5 Å². The largest absolute Gasteiger partial charge is 0.384 e. The standard InChI is InChI=1S/C15H15BrN4/c1-2-5-19-12-7-13(10-18-9-12)20-15-4-3-11(8-17)6-14(15)16/h3-4,6-7,9-10,19-20H,2,5H2,1H3. The molecule has 20 heavy (non-hydrogen) atoms. The van der Waals surface area contributed by atoms with E-state index >= 15 is 0 Å². The van der Waals surface area contributed by atoms with Gasteiger partial charge < -0.3 is 10.6 Å². The molecule has 0 saturated carbocycles. The van der Waals surface area contributed by atoms with E-state index in [1.807, 2.05) is 12.1 Å². The number of halogens is 1. The van der Waals surface area contributed by atoms with Gasteiger partial charge in [-0.2, -0.15) is 5.26 Å². The Labute approximate surface area is 127 Å². The van der Waals surface area contributed by atoms with E-state index in [0.29, 0.717) is 5.56 Å². The zero-order valence-corrected chi connectivity index (χ0v) is 12.7. The van der Waals surface area contributed by atoms with Crippen LogP contribution in [0.4, 0.5) is 17.1 Å². The first-order valence-corrected chi connectivity index (χ1v) is 7.18. The highest BCUT2D eigenvalue weighted by Gasteiger charge is 2.03. The highest BCUT2D eigenvalue weighted by Crippen LogP contribution is 2.27. The van der Waals surface area contributed by atoms with Crippen LogP contribution < -0.4 is 10.6 Å². The summed E-state index contributed by atoms with van der Waals surface area (Å²) in [6, 6.07) is 9.55. The summed E-state index contributed by atoms with van der Waals surface area (Å²) in [5.74, 6) is 0. The first-order valence-electron chi connectivity index (χ1n) is 6.38. The van der Waals surface area contributed by atoms with Gasteiger partial charge >= 0.3 is 0 Å². The molecule has 0 bridgehead atoms. The number of nitrogens with zero attached hydrogens (tertiary/aromatic N) is 2. The van der Waals surface area contributed by atoms with Crippen LogP contribution in [0.5, 0.6) is 0 Å². The number of rotatable bonds is 5. The predicted octanol–water partition coefficient (Wildman–Crippen LogP) is 4.28. The Morgan fingerprint density at radius 3 is 2.75 bits per heavy atom. The van der Waals surface area contributed by atoms with Crippen LogP contribution in [-0.2, 0) is 0 Å². The van der Waals surface area contributed by atoms with E-state index in [9.17, 15) is 0 Å². The lowest BCUT2D eigenvalue weighted by molar-refractivity contribution is 0.978. The van der Waals surface area contributed by atoms with Gasteiger partial charge in [0.1, 0.15) is 0 Å². The number of hydrogen-bond acceptors (Lipinski definition) is 4. The third kappa shape index (κ3) is 3.72. The molecule has 0 amide bonds. The monoisotopic (exact) mass is 330 g/mol. The zero-order chi connectivity index (χ0) is 14.4. The number of nitrogens with one attached hydrogen (secondary N) is 2. The number of pyridine rings is 1. The third-order valence-corrected chi connectivity index (χ3v) is 3.35. The van der Waals surface area contributed by atoms with Gasteiger partial charge in [0.05, 0.1) is 41.1 Å².